The van der Waals surface area contributed by atoms with Crippen molar-refractivity contribution in [2.75, 3.05) is 39.0 Å². The van der Waals surface area contributed by atoms with E-state index < -0.39 is 0 Å². The topological polar surface area (TPSA) is 31.4 Å². The molecule has 1 N–H and O–H groups in total. The first-order valence-corrected chi connectivity index (χ1v) is 6.77. The van der Waals surface area contributed by atoms with Crippen molar-refractivity contribution < 1.29 is 0 Å². The van der Waals surface area contributed by atoms with Gasteiger partial charge in [0.1, 0.15) is 5.82 Å². The van der Waals surface area contributed by atoms with Gasteiger partial charge in [-0.15, -0.1) is 0 Å². The highest BCUT2D eigenvalue weighted by Crippen LogP contribution is 2.19. The Hall–Kier alpha value is -1.13. The smallest absolute Gasteiger partial charge is 0.130 e. The predicted molar refractivity (Wildman–Crippen MR) is 75.8 cm³/mol. The molecule has 0 amide bonds. The predicted octanol–water partition coefficient (Wildman–Crippen LogP) is 1.65. The summed E-state index contributed by atoms with van der Waals surface area (Å²) in [6.45, 7) is 6.37. The summed E-state index contributed by atoms with van der Waals surface area (Å²) in [4.78, 5) is 9.26. The van der Waals surface area contributed by atoms with E-state index in [4.69, 9.17) is 0 Å². The standard InChI is InChI=1S/C14H24N4/c1-4-15-14-12(6-5-8-16-14)10-18-9-7-13(11-18)17(2)3/h5-6,8,13H,4,7,9-11H2,1-3H3,(H,15,16). The van der Waals surface area contributed by atoms with Crippen molar-refractivity contribution in [3.05, 3.63) is 23.9 Å². The number of nitrogens with zero attached hydrogens (tertiary/aromatic N) is 3. The van der Waals surface area contributed by atoms with E-state index in [1.54, 1.807) is 0 Å². The average Bonchev–Trinajstić information content (AvgIpc) is 2.81. The first kappa shape index (κ1) is 13.3. The van der Waals surface area contributed by atoms with E-state index in [0.717, 1.165) is 25.5 Å². The molecule has 1 aromatic heterocycles. The molecule has 1 unspecified atom stereocenters. The Bertz CT molecular complexity index is 378. The molecule has 2 rings (SSSR count). The maximum absolute atomic E-state index is 4.42. The van der Waals surface area contributed by atoms with Crippen LogP contribution in [0.2, 0.25) is 0 Å². The highest BCUT2D eigenvalue weighted by molar-refractivity contribution is 5.43. The monoisotopic (exact) mass is 248 g/mol. The molecular formula is C14H24N4. The van der Waals surface area contributed by atoms with E-state index in [0.29, 0.717) is 6.04 Å². The number of pyridine rings is 1. The summed E-state index contributed by atoms with van der Waals surface area (Å²) < 4.78 is 0. The molecule has 1 aliphatic heterocycles. The van der Waals surface area contributed by atoms with Gasteiger partial charge in [-0.05, 0) is 33.5 Å². The van der Waals surface area contributed by atoms with E-state index in [1.807, 2.05) is 12.3 Å². The molecule has 1 atom stereocenters. The lowest BCUT2D eigenvalue weighted by atomic mass is 10.2. The van der Waals surface area contributed by atoms with E-state index in [-0.39, 0.29) is 0 Å². The van der Waals surface area contributed by atoms with Gasteiger partial charge in [0.2, 0.25) is 0 Å². The normalized spacial score (nSPS) is 20.6. The molecule has 18 heavy (non-hydrogen) atoms. The molecule has 0 saturated carbocycles. The third-order valence-electron chi connectivity index (χ3n) is 3.61. The second-order valence-corrected chi connectivity index (χ2v) is 5.18. The van der Waals surface area contributed by atoms with E-state index in [9.17, 15) is 0 Å². The quantitative estimate of drug-likeness (QED) is 0.858. The molecule has 1 fully saturated rings. The second-order valence-electron chi connectivity index (χ2n) is 5.18. The van der Waals surface area contributed by atoms with Gasteiger partial charge in [0, 0.05) is 44.0 Å². The summed E-state index contributed by atoms with van der Waals surface area (Å²) in [5.74, 6) is 1.04. The highest BCUT2D eigenvalue weighted by Gasteiger charge is 2.24. The van der Waals surface area contributed by atoms with Crippen LogP contribution in [0.4, 0.5) is 5.82 Å². The number of likely N-dealkylation sites (tertiary alicyclic amines) is 1. The van der Waals surface area contributed by atoms with Crippen LogP contribution < -0.4 is 5.32 Å². The number of rotatable bonds is 5. The molecule has 4 heteroatoms. The summed E-state index contributed by atoms with van der Waals surface area (Å²) in [6, 6.07) is 4.90. The second kappa shape index (κ2) is 6.16. The molecule has 1 aliphatic rings. The Morgan fingerprint density at radius 3 is 3.00 bits per heavy atom. The van der Waals surface area contributed by atoms with Crippen molar-refractivity contribution in [2.24, 2.45) is 0 Å². The lowest BCUT2D eigenvalue weighted by molar-refractivity contribution is 0.265. The summed E-state index contributed by atoms with van der Waals surface area (Å²) in [5.41, 5.74) is 1.30. The van der Waals surface area contributed by atoms with Crippen molar-refractivity contribution in [3.63, 3.8) is 0 Å². The number of hydrogen-bond acceptors (Lipinski definition) is 4. The Labute approximate surface area is 110 Å². The number of anilines is 1. The third kappa shape index (κ3) is 3.21. The van der Waals surface area contributed by atoms with Crippen molar-refractivity contribution in [3.8, 4) is 0 Å². The molecule has 0 radical (unpaired) electrons. The molecule has 0 spiro atoms. The summed E-state index contributed by atoms with van der Waals surface area (Å²) in [5, 5.41) is 3.34. The average molecular weight is 248 g/mol. The van der Waals surface area contributed by atoms with Gasteiger partial charge >= 0.3 is 0 Å². The van der Waals surface area contributed by atoms with Crippen LogP contribution in [0.15, 0.2) is 18.3 Å². The van der Waals surface area contributed by atoms with Gasteiger partial charge in [-0.3, -0.25) is 4.90 Å². The summed E-state index contributed by atoms with van der Waals surface area (Å²) in [7, 11) is 4.34. The lowest BCUT2D eigenvalue weighted by Gasteiger charge is -2.21. The largest absolute Gasteiger partial charge is 0.370 e. The maximum atomic E-state index is 4.42. The zero-order valence-electron chi connectivity index (χ0n) is 11.7. The van der Waals surface area contributed by atoms with Crippen LogP contribution in [-0.4, -0.2) is 54.6 Å². The zero-order chi connectivity index (χ0) is 13.0. The van der Waals surface area contributed by atoms with Crippen LogP contribution in [-0.2, 0) is 6.54 Å². The van der Waals surface area contributed by atoms with Crippen molar-refractivity contribution >= 4 is 5.82 Å². The van der Waals surface area contributed by atoms with Crippen LogP contribution in [0.1, 0.15) is 18.9 Å². The molecule has 4 nitrogen and oxygen atoms in total. The summed E-state index contributed by atoms with van der Waals surface area (Å²) >= 11 is 0. The van der Waals surface area contributed by atoms with Gasteiger partial charge in [-0.2, -0.15) is 0 Å². The molecule has 0 aromatic carbocycles. The number of hydrogen-bond donors (Lipinski definition) is 1. The fraction of sp³-hybridized carbons (Fsp3) is 0.643. The maximum Gasteiger partial charge on any atom is 0.130 e. The fourth-order valence-electron chi connectivity index (χ4n) is 2.51. The minimum atomic E-state index is 0.698. The van der Waals surface area contributed by atoms with Crippen LogP contribution in [0.5, 0.6) is 0 Å². The number of nitrogens with one attached hydrogen (secondary N) is 1. The molecule has 100 valence electrons. The van der Waals surface area contributed by atoms with Crippen LogP contribution in [0.25, 0.3) is 0 Å². The van der Waals surface area contributed by atoms with Gasteiger partial charge in [0.05, 0.1) is 0 Å². The van der Waals surface area contributed by atoms with Crippen LogP contribution in [0, 0.1) is 0 Å². The van der Waals surface area contributed by atoms with Gasteiger partial charge in [0.15, 0.2) is 0 Å². The van der Waals surface area contributed by atoms with Gasteiger partial charge in [-0.1, -0.05) is 6.07 Å². The third-order valence-corrected chi connectivity index (χ3v) is 3.61. The highest BCUT2D eigenvalue weighted by atomic mass is 15.2. The Morgan fingerprint density at radius 1 is 1.50 bits per heavy atom. The molecule has 2 heterocycles. The van der Waals surface area contributed by atoms with Crippen LogP contribution in [0.3, 0.4) is 0 Å². The Balaban J connectivity index is 1.98. The molecule has 1 aromatic rings. The van der Waals surface area contributed by atoms with Crippen molar-refractivity contribution in [1.29, 1.82) is 0 Å². The zero-order valence-corrected chi connectivity index (χ0v) is 11.7. The minimum absolute atomic E-state index is 0.698. The first-order chi connectivity index (χ1) is 8.70. The van der Waals surface area contributed by atoms with Crippen molar-refractivity contribution in [2.45, 2.75) is 25.9 Å². The Morgan fingerprint density at radius 2 is 2.33 bits per heavy atom. The van der Waals surface area contributed by atoms with E-state index in [2.05, 4.69) is 47.2 Å². The SMILES string of the molecule is CCNc1ncccc1CN1CCC(N(C)C)C1. The Kier molecular flexibility index (Phi) is 4.55. The van der Waals surface area contributed by atoms with Gasteiger partial charge in [-0.25, -0.2) is 4.98 Å². The van der Waals surface area contributed by atoms with Crippen LogP contribution >= 0.6 is 0 Å². The molecule has 0 aliphatic carbocycles. The number of likely N-dealkylation sites (N-methyl/N-ethyl adjacent to an activating group) is 1. The fourth-order valence-corrected chi connectivity index (χ4v) is 2.51. The number of aromatic nitrogens is 1. The molecule has 1 saturated heterocycles. The van der Waals surface area contributed by atoms with Gasteiger partial charge in [0.25, 0.3) is 0 Å². The lowest BCUT2D eigenvalue weighted by Crippen LogP contribution is -2.31. The molecular weight excluding hydrogens is 224 g/mol. The minimum Gasteiger partial charge on any atom is -0.370 e. The summed E-state index contributed by atoms with van der Waals surface area (Å²) in [6.07, 6.45) is 3.12. The van der Waals surface area contributed by atoms with E-state index in [1.165, 1.54) is 18.5 Å². The first-order valence-electron chi connectivity index (χ1n) is 6.77. The molecule has 0 bridgehead atoms. The van der Waals surface area contributed by atoms with Gasteiger partial charge < -0.3 is 10.2 Å². The van der Waals surface area contributed by atoms with Crippen molar-refractivity contribution in [1.82, 2.24) is 14.8 Å². The van der Waals surface area contributed by atoms with E-state index >= 15 is 0 Å².